The van der Waals surface area contributed by atoms with E-state index in [2.05, 4.69) is 20.6 Å². The van der Waals surface area contributed by atoms with Crippen LogP contribution in [0.15, 0.2) is 90.1 Å². The lowest BCUT2D eigenvalue weighted by molar-refractivity contribution is 0.102. The van der Waals surface area contributed by atoms with E-state index in [-0.39, 0.29) is 29.0 Å². The molecule has 3 heterocycles. The maximum atomic E-state index is 15.4. The Kier molecular flexibility index (Phi) is 7.76. The lowest BCUT2D eigenvalue weighted by atomic mass is 10.1. The average Bonchev–Trinajstić information content (AvgIpc) is 3.69. The maximum absolute atomic E-state index is 15.4. The molecule has 0 atom stereocenters. The van der Waals surface area contributed by atoms with Gasteiger partial charge in [0.05, 0.1) is 17.9 Å². The first-order valence-corrected chi connectivity index (χ1v) is 14.4. The van der Waals surface area contributed by atoms with Crippen LogP contribution in [0, 0.1) is 11.6 Å². The third-order valence-electron chi connectivity index (χ3n) is 7.44. The van der Waals surface area contributed by atoms with Gasteiger partial charge in [-0.3, -0.25) is 23.9 Å². The molecule has 0 fully saturated rings. The van der Waals surface area contributed by atoms with Crippen molar-refractivity contribution in [1.82, 2.24) is 24.5 Å². The summed E-state index contributed by atoms with van der Waals surface area (Å²) in [5.41, 5.74) is 2.83. The number of fused-ring (bicyclic) bond motifs is 1. The fourth-order valence-electron chi connectivity index (χ4n) is 5.20. The van der Waals surface area contributed by atoms with E-state index in [1.54, 1.807) is 30.7 Å². The molecule has 0 unspecified atom stereocenters. The molecule has 0 aliphatic heterocycles. The quantitative estimate of drug-likeness (QED) is 0.185. The highest BCUT2D eigenvalue weighted by Gasteiger charge is 2.20. The van der Waals surface area contributed by atoms with Gasteiger partial charge < -0.3 is 10.1 Å². The number of hydrogen-bond acceptors (Lipinski definition) is 5. The van der Waals surface area contributed by atoms with Crippen molar-refractivity contribution in [3.63, 3.8) is 0 Å². The fraction of sp³-hybridized carbons (Fsp3) is 0.176. The predicted molar refractivity (Wildman–Crippen MR) is 168 cm³/mol. The Morgan fingerprint density at radius 3 is 2.38 bits per heavy atom. The number of anilines is 1. The highest BCUT2D eigenvalue weighted by atomic mass is 19.1. The third kappa shape index (κ3) is 5.72. The lowest BCUT2D eigenvalue weighted by Crippen LogP contribution is -2.30. The van der Waals surface area contributed by atoms with Crippen molar-refractivity contribution in [3.8, 4) is 28.3 Å². The van der Waals surface area contributed by atoms with Crippen molar-refractivity contribution in [2.75, 3.05) is 5.32 Å². The van der Waals surface area contributed by atoms with Gasteiger partial charge in [-0.1, -0.05) is 13.8 Å². The monoisotopic (exact) mass is 608 g/mol. The predicted octanol–water partition coefficient (Wildman–Crippen LogP) is 7.60. The number of pyridine rings is 1. The molecule has 0 saturated heterocycles. The number of nitrogens with zero attached hydrogens (tertiary/aromatic N) is 4. The van der Waals surface area contributed by atoms with Crippen molar-refractivity contribution >= 4 is 22.5 Å². The number of carbonyl (C=O) groups is 1. The topological polar surface area (TPSA) is 107 Å². The van der Waals surface area contributed by atoms with Crippen LogP contribution in [0.25, 0.3) is 27.7 Å². The molecule has 9 nitrogen and oxygen atoms in total. The number of aromatic nitrogens is 5. The lowest BCUT2D eigenvalue weighted by Gasteiger charge is -2.17. The van der Waals surface area contributed by atoms with E-state index in [4.69, 9.17) is 4.74 Å². The van der Waals surface area contributed by atoms with Crippen molar-refractivity contribution in [2.24, 2.45) is 0 Å². The summed E-state index contributed by atoms with van der Waals surface area (Å²) in [5.74, 6) is -1.59. The summed E-state index contributed by atoms with van der Waals surface area (Å²) in [7, 11) is 0. The molecule has 2 N–H and O–H groups in total. The molecule has 0 bridgehead atoms. The van der Waals surface area contributed by atoms with Crippen LogP contribution in [0.2, 0.25) is 0 Å². The van der Waals surface area contributed by atoms with Gasteiger partial charge in [-0.2, -0.15) is 10.2 Å². The Balaban J connectivity index is 1.29. The molecule has 228 valence electrons. The number of H-pyrrole nitrogens is 1. The highest BCUT2D eigenvalue weighted by molar-refractivity contribution is 6.04. The normalized spacial score (nSPS) is 11.5. The average molecular weight is 609 g/mol. The summed E-state index contributed by atoms with van der Waals surface area (Å²) in [6.45, 7) is 7.89. The first kappa shape index (κ1) is 29.5. The second kappa shape index (κ2) is 11.8. The number of hydrogen-bond donors (Lipinski definition) is 2. The van der Waals surface area contributed by atoms with Crippen LogP contribution in [-0.4, -0.2) is 30.5 Å². The minimum absolute atomic E-state index is 0.0531. The number of nitrogens with one attached hydrogen (secondary N) is 2. The van der Waals surface area contributed by atoms with Crippen LogP contribution >= 0.6 is 0 Å². The largest absolute Gasteiger partial charge is 0.454 e. The summed E-state index contributed by atoms with van der Waals surface area (Å²) in [4.78, 5) is 26.7. The number of ether oxygens (including phenoxy) is 1. The van der Waals surface area contributed by atoms with Crippen LogP contribution in [0.4, 0.5) is 14.5 Å². The molecule has 0 radical (unpaired) electrons. The van der Waals surface area contributed by atoms with E-state index >= 15 is 4.39 Å². The Labute approximate surface area is 257 Å². The van der Waals surface area contributed by atoms with E-state index < -0.39 is 23.1 Å². The summed E-state index contributed by atoms with van der Waals surface area (Å²) < 4.78 is 38.3. The Hall–Kier alpha value is -5.58. The van der Waals surface area contributed by atoms with Crippen molar-refractivity contribution in [1.29, 1.82) is 0 Å². The van der Waals surface area contributed by atoms with Crippen LogP contribution < -0.4 is 15.6 Å². The summed E-state index contributed by atoms with van der Waals surface area (Å²) >= 11 is 0. The van der Waals surface area contributed by atoms with Gasteiger partial charge in [0.2, 0.25) is 0 Å². The van der Waals surface area contributed by atoms with Gasteiger partial charge >= 0.3 is 0 Å². The number of aromatic amines is 1. The first-order chi connectivity index (χ1) is 21.6. The molecule has 0 aliphatic rings. The summed E-state index contributed by atoms with van der Waals surface area (Å²) in [6.07, 6.45) is 5.10. The van der Waals surface area contributed by atoms with Crippen molar-refractivity contribution in [2.45, 2.75) is 39.7 Å². The molecule has 6 aromatic rings. The molecule has 3 aromatic heterocycles. The van der Waals surface area contributed by atoms with Crippen LogP contribution in [-0.2, 0) is 0 Å². The van der Waals surface area contributed by atoms with Crippen molar-refractivity contribution in [3.05, 3.63) is 119 Å². The molecule has 0 saturated carbocycles. The van der Waals surface area contributed by atoms with Gasteiger partial charge in [0.1, 0.15) is 17.1 Å². The number of rotatable bonds is 8. The van der Waals surface area contributed by atoms with Crippen molar-refractivity contribution < 1.29 is 18.3 Å². The van der Waals surface area contributed by atoms with Gasteiger partial charge in [0, 0.05) is 51.9 Å². The van der Waals surface area contributed by atoms with Gasteiger partial charge in [-0.25, -0.2) is 8.78 Å². The van der Waals surface area contributed by atoms with Gasteiger partial charge in [0.15, 0.2) is 11.6 Å². The zero-order valence-electron chi connectivity index (χ0n) is 25.0. The Bertz CT molecular complexity index is 2080. The molecule has 6 rings (SSSR count). The number of benzene rings is 3. The van der Waals surface area contributed by atoms with Gasteiger partial charge in [-0.15, -0.1) is 0 Å². The second-order valence-corrected chi connectivity index (χ2v) is 11.2. The Morgan fingerprint density at radius 2 is 1.71 bits per heavy atom. The fourth-order valence-corrected chi connectivity index (χ4v) is 5.20. The SMILES string of the molecule is CC(C)c1ccc(C(=O)Nc2ccc(Oc3cc4cnn(C(C)C)c4cc3-c3cn[nH]c3)c(F)c2)c(=O)n1-c1ccc(F)cc1. The minimum atomic E-state index is -0.720. The van der Waals surface area contributed by atoms with Crippen LogP contribution in [0.1, 0.15) is 55.7 Å². The number of halogens is 2. The molecule has 11 heteroatoms. The smallest absolute Gasteiger partial charge is 0.268 e. The maximum Gasteiger partial charge on any atom is 0.268 e. The van der Waals surface area contributed by atoms with E-state index in [1.165, 1.54) is 47.0 Å². The molecule has 0 aliphatic carbocycles. The first-order valence-electron chi connectivity index (χ1n) is 14.4. The van der Waals surface area contributed by atoms with E-state index in [0.717, 1.165) is 22.5 Å². The van der Waals surface area contributed by atoms with Crippen LogP contribution in [0.3, 0.4) is 0 Å². The third-order valence-corrected chi connectivity index (χ3v) is 7.44. The number of amides is 1. The van der Waals surface area contributed by atoms with Gasteiger partial charge in [-0.05, 0) is 80.4 Å². The van der Waals surface area contributed by atoms with E-state index in [1.807, 2.05) is 38.4 Å². The molecule has 45 heavy (non-hydrogen) atoms. The molecular formula is C34H30F2N6O3. The molecule has 3 aromatic carbocycles. The van der Waals surface area contributed by atoms with Crippen LogP contribution in [0.5, 0.6) is 11.5 Å². The molecule has 1 amide bonds. The van der Waals surface area contributed by atoms with E-state index in [9.17, 15) is 14.0 Å². The van der Waals surface area contributed by atoms with Gasteiger partial charge in [0.25, 0.3) is 11.5 Å². The minimum Gasteiger partial charge on any atom is -0.454 e. The summed E-state index contributed by atoms with van der Waals surface area (Å²) in [6, 6.07) is 16.5. The summed E-state index contributed by atoms with van der Waals surface area (Å²) in [5, 5.41) is 14.7. The zero-order chi connectivity index (χ0) is 31.8. The molecular weight excluding hydrogens is 578 g/mol. The second-order valence-electron chi connectivity index (χ2n) is 11.2. The molecule has 0 spiro atoms. The zero-order valence-corrected chi connectivity index (χ0v) is 25.0. The Morgan fingerprint density at radius 1 is 0.933 bits per heavy atom. The van der Waals surface area contributed by atoms with E-state index in [0.29, 0.717) is 22.7 Å². The standard InChI is InChI=1S/C34H30F2N6O3/c1-19(2)29-11-10-26(34(44)41(29)25-8-5-23(35)6-9-25)33(43)40-24-7-12-31(28(36)14-24)45-32-13-21-18-39-42(20(3)4)30(21)15-27(32)22-16-37-38-17-22/h5-20H,1-4H3,(H,37,38)(H,40,43). The highest BCUT2D eigenvalue weighted by Crippen LogP contribution is 2.38. The number of carbonyl (C=O) groups excluding carboxylic acids is 1.